The van der Waals surface area contributed by atoms with Gasteiger partial charge in [-0.2, -0.15) is 5.26 Å². The quantitative estimate of drug-likeness (QED) is 0.892. The molecule has 2 aromatic carbocycles. The monoisotopic (exact) mass is 370 g/mol. The Morgan fingerprint density at radius 2 is 1.90 bits per heavy atom. The fourth-order valence-corrected chi connectivity index (χ4v) is 3.27. The molecule has 0 atom stereocenters. The molecule has 0 unspecified atom stereocenters. The van der Waals surface area contributed by atoms with Gasteiger partial charge in [0.25, 0.3) is 10.0 Å². The van der Waals surface area contributed by atoms with Crippen LogP contribution < -0.4 is 4.72 Å². The summed E-state index contributed by atoms with van der Waals surface area (Å²) in [7, 11) is -3.77. The van der Waals surface area contributed by atoms with E-state index in [2.05, 4.69) is 20.7 Å². The number of rotatable bonds is 3. The van der Waals surface area contributed by atoms with Crippen LogP contribution in [0.3, 0.4) is 0 Å². The van der Waals surface area contributed by atoms with Gasteiger partial charge in [-0.15, -0.1) is 0 Å². The van der Waals surface area contributed by atoms with Crippen molar-refractivity contribution < 1.29 is 8.42 Å². The van der Waals surface area contributed by atoms with E-state index in [-0.39, 0.29) is 16.1 Å². The van der Waals surface area contributed by atoms with Crippen molar-refractivity contribution in [3.63, 3.8) is 0 Å². The number of hydrogen-bond acceptors (Lipinski definition) is 3. The lowest BCUT2D eigenvalue weighted by Gasteiger charge is -2.10. The van der Waals surface area contributed by atoms with Crippen LogP contribution in [0.2, 0.25) is 5.02 Å². The first-order valence-corrected chi connectivity index (χ1v) is 8.06. The van der Waals surface area contributed by atoms with Gasteiger partial charge in [-0.1, -0.05) is 23.7 Å². The van der Waals surface area contributed by atoms with E-state index in [9.17, 15) is 8.42 Å². The first-order valence-electron chi connectivity index (χ1n) is 5.41. The lowest BCUT2D eigenvalue weighted by Crippen LogP contribution is -2.13. The Bertz CT molecular complexity index is 800. The summed E-state index contributed by atoms with van der Waals surface area (Å²) < 4.78 is 27.4. The van der Waals surface area contributed by atoms with Crippen LogP contribution >= 0.6 is 27.5 Å². The van der Waals surface area contributed by atoms with Gasteiger partial charge in [-0.3, -0.25) is 4.72 Å². The van der Waals surface area contributed by atoms with Gasteiger partial charge < -0.3 is 0 Å². The van der Waals surface area contributed by atoms with Crippen LogP contribution in [0.1, 0.15) is 5.56 Å². The Morgan fingerprint density at radius 3 is 2.55 bits per heavy atom. The van der Waals surface area contributed by atoms with Crippen molar-refractivity contribution in [1.29, 1.82) is 5.26 Å². The van der Waals surface area contributed by atoms with E-state index in [4.69, 9.17) is 16.9 Å². The van der Waals surface area contributed by atoms with Crippen LogP contribution in [0.4, 0.5) is 5.69 Å². The molecule has 0 fully saturated rings. The zero-order chi connectivity index (χ0) is 14.8. The number of hydrogen-bond donors (Lipinski definition) is 1. The molecule has 0 saturated carbocycles. The second-order valence-corrected chi connectivity index (χ2v) is 6.78. The van der Waals surface area contributed by atoms with E-state index in [0.717, 1.165) is 0 Å². The third-order valence-corrected chi connectivity index (χ3v) is 5.07. The van der Waals surface area contributed by atoms with Gasteiger partial charge in [0.15, 0.2) is 0 Å². The molecular weight excluding hydrogens is 364 g/mol. The number of nitriles is 1. The maximum atomic E-state index is 12.2. The molecule has 2 aromatic rings. The molecule has 0 spiro atoms. The smallest absolute Gasteiger partial charge is 0.261 e. The van der Waals surface area contributed by atoms with Crippen molar-refractivity contribution in [2.45, 2.75) is 4.90 Å². The lowest BCUT2D eigenvalue weighted by atomic mass is 10.2. The summed E-state index contributed by atoms with van der Waals surface area (Å²) in [5, 5.41) is 9.37. The highest BCUT2D eigenvalue weighted by Gasteiger charge is 2.17. The summed E-state index contributed by atoms with van der Waals surface area (Å²) in [5.41, 5.74) is 0.491. The van der Waals surface area contributed by atoms with E-state index in [1.54, 1.807) is 12.1 Å². The van der Waals surface area contributed by atoms with Crippen molar-refractivity contribution in [1.82, 2.24) is 0 Å². The molecule has 0 heterocycles. The topological polar surface area (TPSA) is 70.0 Å². The predicted octanol–water partition coefficient (Wildman–Crippen LogP) is 3.77. The van der Waals surface area contributed by atoms with Gasteiger partial charge in [0.2, 0.25) is 0 Å². The number of para-hydroxylation sites is 1. The van der Waals surface area contributed by atoms with E-state index in [1.165, 1.54) is 30.3 Å². The van der Waals surface area contributed by atoms with Crippen molar-refractivity contribution in [2.75, 3.05) is 4.72 Å². The van der Waals surface area contributed by atoms with Gasteiger partial charge in [0.1, 0.15) is 6.07 Å². The summed E-state index contributed by atoms with van der Waals surface area (Å²) in [6, 6.07) is 12.6. The fraction of sp³-hybridized carbons (Fsp3) is 0. The van der Waals surface area contributed by atoms with Gasteiger partial charge >= 0.3 is 0 Å². The van der Waals surface area contributed by atoms with Crippen LogP contribution in [0.5, 0.6) is 0 Å². The molecule has 20 heavy (non-hydrogen) atoms. The number of benzene rings is 2. The van der Waals surface area contributed by atoms with Crippen LogP contribution in [-0.4, -0.2) is 8.42 Å². The molecule has 0 bridgehead atoms. The van der Waals surface area contributed by atoms with Crippen molar-refractivity contribution >= 4 is 43.2 Å². The molecule has 1 N–H and O–H groups in total. The minimum Gasteiger partial charge on any atom is -0.278 e. The summed E-state index contributed by atoms with van der Waals surface area (Å²) in [6.07, 6.45) is 0. The van der Waals surface area contributed by atoms with E-state index in [0.29, 0.717) is 9.50 Å². The summed E-state index contributed by atoms with van der Waals surface area (Å²) >= 11 is 9.01. The van der Waals surface area contributed by atoms with E-state index >= 15 is 0 Å². The number of anilines is 1. The molecule has 4 nitrogen and oxygen atoms in total. The maximum absolute atomic E-state index is 12.2. The number of halogens is 2. The average molecular weight is 372 g/mol. The highest BCUT2D eigenvalue weighted by atomic mass is 79.9. The molecule has 0 radical (unpaired) electrons. The molecular formula is C13H8BrClN2O2S. The van der Waals surface area contributed by atoms with Crippen LogP contribution in [-0.2, 0) is 10.0 Å². The number of sulfonamides is 1. The Hall–Kier alpha value is -1.55. The first kappa shape index (κ1) is 14.9. The standard InChI is InChI=1S/C13H8BrClN2O2S/c14-11-7-10(5-6-12(11)15)20(18,19)17-13-4-2-1-3-9(13)8-16/h1-7,17H. The Kier molecular flexibility index (Phi) is 4.33. The third-order valence-electron chi connectivity index (χ3n) is 2.49. The molecule has 2 rings (SSSR count). The number of nitrogens with one attached hydrogen (secondary N) is 1. The summed E-state index contributed by atoms with van der Waals surface area (Å²) in [6.45, 7) is 0. The van der Waals surface area contributed by atoms with Crippen molar-refractivity contribution in [3.05, 3.63) is 57.5 Å². The van der Waals surface area contributed by atoms with Gasteiger partial charge in [-0.05, 0) is 46.3 Å². The molecule has 0 amide bonds. The second kappa shape index (κ2) is 5.83. The third kappa shape index (κ3) is 3.12. The molecule has 0 aliphatic heterocycles. The molecule has 0 aromatic heterocycles. The van der Waals surface area contributed by atoms with E-state index in [1.807, 2.05) is 6.07 Å². The first-order chi connectivity index (χ1) is 9.44. The van der Waals surface area contributed by atoms with Crippen LogP contribution in [0.15, 0.2) is 51.8 Å². The predicted molar refractivity (Wildman–Crippen MR) is 81.1 cm³/mol. The minimum atomic E-state index is -3.77. The van der Waals surface area contributed by atoms with E-state index < -0.39 is 10.0 Å². The second-order valence-electron chi connectivity index (χ2n) is 3.84. The summed E-state index contributed by atoms with van der Waals surface area (Å²) in [5.74, 6) is 0. The van der Waals surface area contributed by atoms with Gasteiger partial charge in [0, 0.05) is 4.47 Å². The normalized spacial score (nSPS) is 10.8. The molecule has 0 saturated heterocycles. The largest absolute Gasteiger partial charge is 0.278 e. The maximum Gasteiger partial charge on any atom is 0.261 e. The Morgan fingerprint density at radius 1 is 1.20 bits per heavy atom. The summed E-state index contributed by atoms with van der Waals surface area (Å²) in [4.78, 5) is 0.0570. The Labute approximate surface area is 130 Å². The highest BCUT2D eigenvalue weighted by molar-refractivity contribution is 9.10. The Balaban J connectivity index is 2.41. The zero-order valence-corrected chi connectivity index (χ0v) is 13.1. The minimum absolute atomic E-state index is 0.0570. The molecule has 0 aliphatic carbocycles. The van der Waals surface area contributed by atoms with Crippen molar-refractivity contribution in [3.8, 4) is 6.07 Å². The van der Waals surface area contributed by atoms with Gasteiger partial charge in [-0.25, -0.2) is 8.42 Å². The van der Waals surface area contributed by atoms with Gasteiger partial charge in [0.05, 0.1) is 21.2 Å². The fourth-order valence-electron chi connectivity index (χ4n) is 1.52. The average Bonchev–Trinajstić information content (AvgIpc) is 2.42. The molecule has 7 heteroatoms. The number of nitrogens with zero attached hydrogens (tertiary/aromatic N) is 1. The highest BCUT2D eigenvalue weighted by Crippen LogP contribution is 2.27. The van der Waals surface area contributed by atoms with Crippen LogP contribution in [0, 0.1) is 11.3 Å². The van der Waals surface area contributed by atoms with Crippen molar-refractivity contribution in [2.24, 2.45) is 0 Å². The SMILES string of the molecule is N#Cc1ccccc1NS(=O)(=O)c1ccc(Cl)c(Br)c1. The van der Waals surface area contributed by atoms with Crippen LogP contribution in [0.25, 0.3) is 0 Å². The zero-order valence-electron chi connectivity index (χ0n) is 9.97. The molecule has 0 aliphatic rings. The lowest BCUT2D eigenvalue weighted by molar-refractivity contribution is 0.601. The molecule has 102 valence electrons.